The van der Waals surface area contributed by atoms with Gasteiger partial charge in [-0.05, 0) is 77.7 Å². The van der Waals surface area contributed by atoms with E-state index in [0.29, 0.717) is 11.9 Å². The Morgan fingerprint density at radius 2 is 1.08 bits per heavy atom. The van der Waals surface area contributed by atoms with Gasteiger partial charge < -0.3 is 0 Å². The average Bonchev–Trinajstić information content (AvgIpc) is 3.48. The molecule has 0 saturated carbocycles. The molecule has 0 spiro atoms. The molecule has 8 nitrogen and oxygen atoms in total. The number of rotatable bonds is 4. The van der Waals surface area contributed by atoms with Gasteiger partial charge in [0.15, 0.2) is 0 Å². The van der Waals surface area contributed by atoms with Gasteiger partial charge in [0.05, 0.1) is 33.8 Å². The molecule has 1 aliphatic rings. The number of nitrogens with zero attached hydrogens (tertiary/aromatic N) is 8. The molecule has 5 aromatic heterocycles. The highest BCUT2D eigenvalue weighted by Gasteiger charge is 2.30. The number of fused-ring (bicyclic) bond motifs is 5. The van der Waals surface area contributed by atoms with E-state index in [4.69, 9.17) is 24.9 Å². The maximum atomic E-state index is 4.75. The molecule has 8 heteroatoms. The molecule has 6 heterocycles. The minimum absolute atomic E-state index is 0.593. The summed E-state index contributed by atoms with van der Waals surface area (Å²) in [6, 6.07) is 37.5. The first-order valence-electron chi connectivity index (χ1n) is 15.7. The Kier molecular flexibility index (Phi) is 5.71. The number of pyridine rings is 2. The lowest BCUT2D eigenvalue weighted by Crippen LogP contribution is -2.17. The summed E-state index contributed by atoms with van der Waals surface area (Å²) in [5.74, 6) is 1.19. The quantitative estimate of drug-likeness (QED) is 0.195. The van der Waals surface area contributed by atoms with Crippen molar-refractivity contribution in [3.63, 3.8) is 0 Å². The van der Waals surface area contributed by atoms with Gasteiger partial charge in [0, 0.05) is 70.0 Å². The van der Waals surface area contributed by atoms with Crippen LogP contribution in [0.25, 0.3) is 72.2 Å². The molecule has 0 fully saturated rings. The number of hydrogen-bond acceptors (Lipinski definition) is 7. The highest BCUT2D eigenvalue weighted by molar-refractivity contribution is 6.20. The Morgan fingerprint density at radius 3 is 1.83 bits per heavy atom. The zero-order valence-corrected chi connectivity index (χ0v) is 25.4. The summed E-state index contributed by atoms with van der Waals surface area (Å²) in [6.07, 6.45) is 10.8. The Labute approximate surface area is 274 Å². The Hall–Kier alpha value is -6.80. The van der Waals surface area contributed by atoms with Crippen molar-refractivity contribution in [2.75, 3.05) is 4.90 Å². The number of aromatic nitrogens is 7. The van der Waals surface area contributed by atoms with Crippen molar-refractivity contribution in [3.8, 4) is 39.6 Å². The normalized spacial score (nSPS) is 12.1. The van der Waals surface area contributed by atoms with Crippen LogP contribution in [0.5, 0.6) is 0 Å². The van der Waals surface area contributed by atoms with Crippen LogP contribution in [-0.2, 0) is 0 Å². The third kappa shape index (κ3) is 3.89. The predicted molar refractivity (Wildman–Crippen MR) is 190 cm³/mol. The van der Waals surface area contributed by atoms with E-state index in [9.17, 15) is 0 Å². The lowest BCUT2D eigenvalue weighted by molar-refractivity contribution is 0.988. The van der Waals surface area contributed by atoms with Gasteiger partial charge in [0.1, 0.15) is 0 Å². The molecular formula is C40H24N8. The Bertz CT molecular complexity index is 2660. The maximum absolute atomic E-state index is 4.75. The number of anilines is 3. The number of hydrogen-bond donors (Lipinski definition) is 0. The molecule has 0 bridgehead atoms. The first-order valence-corrected chi connectivity index (χ1v) is 15.7. The molecule has 0 N–H and O–H groups in total. The third-order valence-electron chi connectivity index (χ3n) is 9.08. The fraction of sp³-hybridized carbons (Fsp3) is 0. The van der Waals surface area contributed by atoms with Crippen LogP contribution in [-0.4, -0.2) is 34.5 Å². The number of benzene rings is 4. The van der Waals surface area contributed by atoms with Gasteiger partial charge in [-0.15, -0.1) is 0 Å². The van der Waals surface area contributed by atoms with Crippen LogP contribution in [0.2, 0.25) is 0 Å². The molecule has 0 unspecified atom stereocenters. The molecule has 10 rings (SSSR count). The molecule has 0 atom stereocenters. The van der Waals surface area contributed by atoms with Crippen molar-refractivity contribution in [1.82, 2.24) is 34.5 Å². The van der Waals surface area contributed by atoms with Crippen LogP contribution < -0.4 is 4.90 Å². The summed E-state index contributed by atoms with van der Waals surface area (Å²) in [7, 11) is 0. The second-order valence-electron chi connectivity index (χ2n) is 11.7. The van der Waals surface area contributed by atoms with Gasteiger partial charge >= 0.3 is 0 Å². The van der Waals surface area contributed by atoms with E-state index in [1.54, 1.807) is 24.8 Å². The highest BCUT2D eigenvalue weighted by Crippen LogP contribution is 2.53. The van der Waals surface area contributed by atoms with Gasteiger partial charge in [-0.1, -0.05) is 42.5 Å². The second kappa shape index (κ2) is 10.4. The van der Waals surface area contributed by atoms with Crippen molar-refractivity contribution in [2.24, 2.45) is 0 Å². The van der Waals surface area contributed by atoms with Gasteiger partial charge in [-0.2, -0.15) is 0 Å². The summed E-state index contributed by atoms with van der Waals surface area (Å²) in [4.78, 5) is 30.4. The summed E-state index contributed by atoms with van der Waals surface area (Å²) >= 11 is 0. The van der Waals surface area contributed by atoms with E-state index in [0.717, 1.165) is 77.6 Å². The van der Waals surface area contributed by atoms with Crippen molar-refractivity contribution >= 4 is 49.9 Å². The molecule has 224 valence electrons. The molecule has 1 aliphatic heterocycles. The monoisotopic (exact) mass is 616 g/mol. The maximum Gasteiger partial charge on any atom is 0.234 e. The van der Waals surface area contributed by atoms with Crippen LogP contribution >= 0.6 is 0 Å². The Morgan fingerprint density at radius 1 is 0.396 bits per heavy atom. The predicted octanol–water partition coefficient (Wildman–Crippen LogP) is 9.09. The summed E-state index contributed by atoms with van der Waals surface area (Å²) in [5.41, 5.74) is 10.2. The van der Waals surface area contributed by atoms with E-state index in [-0.39, 0.29) is 0 Å². The van der Waals surface area contributed by atoms with E-state index < -0.39 is 0 Å². The van der Waals surface area contributed by atoms with Crippen LogP contribution in [0.4, 0.5) is 17.3 Å². The van der Waals surface area contributed by atoms with E-state index in [2.05, 4.69) is 81.2 Å². The van der Waals surface area contributed by atoms with E-state index in [1.807, 2.05) is 54.9 Å². The smallest absolute Gasteiger partial charge is 0.234 e. The highest BCUT2D eigenvalue weighted by atomic mass is 15.3. The van der Waals surface area contributed by atoms with Crippen LogP contribution in [0, 0.1) is 0 Å². The minimum atomic E-state index is 0.593. The zero-order chi connectivity index (χ0) is 31.6. The van der Waals surface area contributed by atoms with Gasteiger partial charge in [0.2, 0.25) is 11.9 Å². The summed E-state index contributed by atoms with van der Waals surface area (Å²) in [5, 5.41) is 4.42. The lowest BCUT2D eigenvalue weighted by Gasteiger charge is -2.32. The van der Waals surface area contributed by atoms with Gasteiger partial charge in [-0.3, -0.25) is 19.4 Å². The second-order valence-corrected chi connectivity index (χ2v) is 11.7. The zero-order valence-electron chi connectivity index (χ0n) is 25.4. The molecule has 4 aromatic carbocycles. The lowest BCUT2D eigenvalue weighted by atomic mass is 9.87. The first kappa shape index (κ1) is 26.4. The fourth-order valence-corrected chi connectivity index (χ4v) is 7.07. The SMILES string of the molecule is c1ccc(-c2ccc3c(c2)c2cc4c(cc2n3-c2ncccn2)N(c2ncccn2)c2cccc3c(-c5ccccn5)ccc-4c23)nc1. The Balaban J connectivity index is 1.33. The average molecular weight is 617 g/mol. The molecule has 48 heavy (non-hydrogen) atoms. The standard InChI is InChI=1S/C40H24N8/c1-3-16-41-32(9-1)25-12-15-34-29(22-25)31-23-30-28-14-13-26(33-10-2-4-17-42-33)27-8-5-11-35(38(27)28)48(40-45-20-7-21-46-40)36(30)24-37(31)47(34)39-43-18-6-19-44-39/h1-24H. The molecular weight excluding hydrogens is 592 g/mol. The van der Waals surface area contributed by atoms with Crippen molar-refractivity contribution in [1.29, 1.82) is 0 Å². The van der Waals surface area contributed by atoms with Crippen LogP contribution in [0.15, 0.2) is 146 Å². The fourth-order valence-electron chi connectivity index (χ4n) is 7.07. The summed E-state index contributed by atoms with van der Waals surface area (Å²) < 4.78 is 2.14. The van der Waals surface area contributed by atoms with E-state index in [1.165, 1.54) is 0 Å². The topological polar surface area (TPSA) is 85.5 Å². The third-order valence-corrected chi connectivity index (χ3v) is 9.08. The van der Waals surface area contributed by atoms with Crippen LogP contribution in [0.1, 0.15) is 0 Å². The molecule has 0 radical (unpaired) electrons. The molecule has 9 aromatic rings. The van der Waals surface area contributed by atoms with Crippen molar-refractivity contribution in [2.45, 2.75) is 0 Å². The molecule has 0 saturated heterocycles. The van der Waals surface area contributed by atoms with Crippen LogP contribution in [0.3, 0.4) is 0 Å². The van der Waals surface area contributed by atoms with Crippen molar-refractivity contribution in [3.05, 3.63) is 146 Å². The molecule has 0 aliphatic carbocycles. The van der Waals surface area contributed by atoms with Gasteiger partial charge in [0.25, 0.3) is 0 Å². The van der Waals surface area contributed by atoms with E-state index >= 15 is 0 Å². The largest absolute Gasteiger partial charge is 0.278 e. The first-order chi connectivity index (χ1) is 23.8. The minimum Gasteiger partial charge on any atom is -0.278 e. The van der Waals surface area contributed by atoms with Gasteiger partial charge in [-0.25, -0.2) is 19.9 Å². The van der Waals surface area contributed by atoms with Crippen molar-refractivity contribution < 1.29 is 0 Å². The summed E-state index contributed by atoms with van der Waals surface area (Å²) in [6.45, 7) is 0. The molecule has 0 amide bonds.